The summed E-state index contributed by atoms with van der Waals surface area (Å²) in [5, 5.41) is 0. The van der Waals surface area contributed by atoms with Crippen LogP contribution in [0.5, 0.6) is 0 Å². The van der Waals surface area contributed by atoms with Crippen LogP contribution in [-0.4, -0.2) is 33.2 Å². The van der Waals surface area contributed by atoms with E-state index in [0.29, 0.717) is 5.56 Å². The number of sulfonamides is 1. The number of hydrogen-bond acceptors (Lipinski definition) is 3. The van der Waals surface area contributed by atoms with Crippen LogP contribution in [0, 0.1) is 6.92 Å². The van der Waals surface area contributed by atoms with E-state index in [2.05, 4.69) is 0 Å². The minimum atomic E-state index is -3.82. The third-order valence-corrected chi connectivity index (χ3v) is 3.94. The Bertz CT molecular complexity index is 682. The van der Waals surface area contributed by atoms with E-state index < -0.39 is 15.9 Å². The average Bonchev–Trinajstić information content (AvgIpc) is 2.40. The van der Waals surface area contributed by atoms with Crippen LogP contribution >= 0.6 is 0 Å². The third kappa shape index (κ3) is 3.97. The average molecular weight is 283 g/mol. The van der Waals surface area contributed by atoms with Crippen molar-refractivity contribution in [3.63, 3.8) is 0 Å². The molecule has 0 atom stereocenters. The molecule has 0 bridgehead atoms. The molecule has 0 saturated carbocycles. The Morgan fingerprint density at radius 3 is 2.05 bits per heavy atom. The van der Waals surface area contributed by atoms with Crippen molar-refractivity contribution >= 4 is 34.8 Å². The first-order valence-corrected chi connectivity index (χ1v) is 7.16. The summed E-state index contributed by atoms with van der Waals surface area (Å²) in [5.41, 5.74) is 1.26. The monoisotopic (exact) mass is 283 g/mol. The molecule has 0 aliphatic carbocycles. The number of benzene rings is 2. The summed E-state index contributed by atoms with van der Waals surface area (Å²) >= 11 is 0. The number of aryl methyl sites for hydroxylation is 1. The van der Waals surface area contributed by atoms with Crippen molar-refractivity contribution in [1.29, 1.82) is 0 Å². The van der Waals surface area contributed by atoms with Gasteiger partial charge in [-0.1, -0.05) is 35.9 Å². The number of amides is 1. The molecule has 20 heavy (non-hydrogen) atoms. The molecule has 1 N–H and O–H groups in total. The van der Waals surface area contributed by atoms with Crippen LogP contribution in [0.1, 0.15) is 15.9 Å². The Morgan fingerprint density at radius 2 is 1.50 bits per heavy atom. The zero-order chi connectivity index (χ0) is 13.9. The second-order valence-corrected chi connectivity index (χ2v) is 5.80. The summed E-state index contributed by atoms with van der Waals surface area (Å²) in [6.45, 7) is 1.86. The normalized spacial score (nSPS) is 10.4. The Kier molecular flexibility index (Phi) is 5.58. The van der Waals surface area contributed by atoms with Crippen LogP contribution in [0.15, 0.2) is 59.5 Å². The van der Waals surface area contributed by atoms with Gasteiger partial charge in [-0.3, -0.25) is 4.79 Å². The molecule has 2 aromatic carbocycles. The summed E-state index contributed by atoms with van der Waals surface area (Å²) in [6, 6.07) is 14.5. The maximum absolute atomic E-state index is 12.0. The molecular formula is C14H14LiNO3S. The van der Waals surface area contributed by atoms with Crippen LogP contribution in [0.25, 0.3) is 0 Å². The van der Waals surface area contributed by atoms with E-state index >= 15 is 0 Å². The number of hydrogen-bond donors (Lipinski definition) is 1. The molecule has 2 aromatic rings. The van der Waals surface area contributed by atoms with Gasteiger partial charge in [-0.05, 0) is 31.2 Å². The summed E-state index contributed by atoms with van der Waals surface area (Å²) in [7, 11) is -3.82. The second kappa shape index (κ2) is 6.75. The standard InChI is InChI=1S/C14H13NO3S.Li.H/c1-11-7-9-13(10-8-11)19(17,18)15-14(16)12-5-3-2-4-6-12;;/h2-10H,1H3,(H,15,16);;. The fraction of sp³-hybridized carbons (Fsp3) is 0.0714. The Hall–Kier alpha value is -1.54. The van der Waals surface area contributed by atoms with Gasteiger partial charge >= 0.3 is 18.9 Å². The molecule has 0 fully saturated rings. The van der Waals surface area contributed by atoms with Gasteiger partial charge in [0.05, 0.1) is 4.90 Å². The van der Waals surface area contributed by atoms with Gasteiger partial charge in [0.25, 0.3) is 15.9 Å². The minimum absolute atomic E-state index is 0. The van der Waals surface area contributed by atoms with Crippen molar-refractivity contribution < 1.29 is 13.2 Å². The Labute approximate surface area is 130 Å². The summed E-state index contributed by atoms with van der Waals surface area (Å²) in [5.74, 6) is -0.638. The van der Waals surface area contributed by atoms with Crippen molar-refractivity contribution in [2.75, 3.05) is 0 Å². The molecule has 6 heteroatoms. The number of nitrogens with one attached hydrogen (secondary N) is 1. The fourth-order valence-electron chi connectivity index (χ4n) is 1.55. The molecule has 0 aromatic heterocycles. The van der Waals surface area contributed by atoms with Gasteiger partial charge < -0.3 is 0 Å². The Balaban J connectivity index is 0.00000200. The topological polar surface area (TPSA) is 63.2 Å². The molecular weight excluding hydrogens is 269 g/mol. The second-order valence-electron chi connectivity index (χ2n) is 4.11. The molecule has 0 radical (unpaired) electrons. The maximum atomic E-state index is 12.0. The molecule has 0 saturated heterocycles. The van der Waals surface area contributed by atoms with E-state index in [1.54, 1.807) is 42.5 Å². The summed E-state index contributed by atoms with van der Waals surface area (Å²) < 4.78 is 26.0. The molecule has 0 spiro atoms. The third-order valence-electron chi connectivity index (χ3n) is 2.59. The predicted molar refractivity (Wildman–Crippen MR) is 79.4 cm³/mol. The zero-order valence-electron chi connectivity index (χ0n) is 10.3. The van der Waals surface area contributed by atoms with Gasteiger partial charge in [0.2, 0.25) is 0 Å². The number of carbonyl (C=O) groups excluding carboxylic acids is 1. The fourth-order valence-corrected chi connectivity index (χ4v) is 2.52. The first kappa shape index (κ1) is 16.5. The molecule has 0 heterocycles. The zero-order valence-corrected chi connectivity index (χ0v) is 11.1. The van der Waals surface area contributed by atoms with E-state index in [1.807, 2.05) is 11.6 Å². The van der Waals surface area contributed by atoms with Crippen molar-refractivity contribution in [2.45, 2.75) is 11.8 Å². The van der Waals surface area contributed by atoms with Gasteiger partial charge in [0, 0.05) is 5.56 Å². The van der Waals surface area contributed by atoms with Gasteiger partial charge in [0.15, 0.2) is 0 Å². The number of carbonyl (C=O) groups is 1. The van der Waals surface area contributed by atoms with Crippen molar-refractivity contribution in [3.05, 3.63) is 65.7 Å². The molecule has 0 aliphatic heterocycles. The van der Waals surface area contributed by atoms with Crippen LogP contribution in [0.4, 0.5) is 0 Å². The molecule has 1 amide bonds. The van der Waals surface area contributed by atoms with Gasteiger partial charge in [0.1, 0.15) is 0 Å². The van der Waals surface area contributed by atoms with Crippen molar-refractivity contribution in [3.8, 4) is 0 Å². The first-order chi connectivity index (χ1) is 8.99. The van der Waals surface area contributed by atoms with Crippen molar-refractivity contribution in [2.24, 2.45) is 0 Å². The molecule has 4 nitrogen and oxygen atoms in total. The summed E-state index contributed by atoms with van der Waals surface area (Å²) in [4.78, 5) is 11.9. The van der Waals surface area contributed by atoms with Crippen LogP contribution in [0.2, 0.25) is 0 Å². The van der Waals surface area contributed by atoms with Gasteiger partial charge in [-0.25, -0.2) is 13.1 Å². The van der Waals surface area contributed by atoms with E-state index in [0.717, 1.165) is 5.56 Å². The molecule has 2 rings (SSSR count). The van der Waals surface area contributed by atoms with E-state index in [4.69, 9.17) is 0 Å². The van der Waals surface area contributed by atoms with Crippen molar-refractivity contribution in [1.82, 2.24) is 4.72 Å². The SMILES string of the molecule is Cc1ccc(S(=O)(=O)NC(=O)c2ccccc2)cc1.[LiH]. The first-order valence-electron chi connectivity index (χ1n) is 5.68. The van der Waals surface area contributed by atoms with E-state index in [9.17, 15) is 13.2 Å². The Morgan fingerprint density at radius 1 is 0.950 bits per heavy atom. The predicted octanol–water partition coefficient (Wildman–Crippen LogP) is 1.47. The summed E-state index contributed by atoms with van der Waals surface area (Å²) in [6.07, 6.45) is 0. The molecule has 100 valence electrons. The van der Waals surface area contributed by atoms with E-state index in [1.165, 1.54) is 12.1 Å². The van der Waals surface area contributed by atoms with Crippen LogP contribution in [0.3, 0.4) is 0 Å². The van der Waals surface area contributed by atoms with Gasteiger partial charge in [-0.2, -0.15) is 0 Å². The van der Waals surface area contributed by atoms with Crippen LogP contribution in [-0.2, 0) is 10.0 Å². The van der Waals surface area contributed by atoms with E-state index in [-0.39, 0.29) is 23.8 Å². The molecule has 0 unspecified atom stereocenters. The van der Waals surface area contributed by atoms with Gasteiger partial charge in [-0.15, -0.1) is 0 Å². The quantitative estimate of drug-likeness (QED) is 0.868. The number of rotatable bonds is 3. The van der Waals surface area contributed by atoms with Crippen LogP contribution < -0.4 is 4.72 Å². The molecule has 0 aliphatic rings.